The molecule has 6 nitrogen and oxygen atoms in total. The molecule has 0 rings (SSSR count). The fourth-order valence-corrected chi connectivity index (χ4v) is 7.22. The predicted molar refractivity (Wildman–Crippen MR) is 259 cm³/mol. The SMILES string of the molecule is CC/C=C\C/C=C\C/C=C\C/C=C\C/C=C\CCCCCC(=O)OC(CCC/C=C\CCCCCCCCC)CC(=O)NC(CO)C(O)CCCCCCCCCCCC. The Morgan fingerprint density at radius 1 is 0.500 bits per heavy atom. The van der Waals surface area contributed by atoms with Crippen LogP contribution in [0.5, 0.6) is 0 Å². The summed E-state index contributed by atoms with van der Waals surface area (Å²) in [6, 6.07) is -0.718. The van der Waals surface area contributed by atoms with Gasteiger partial charge in [0.1, 0.15) is 6.10 Å². The van der Waals surface area contributed by atoms with Gasteiger partial charge in [0.05, 0.1) is 25.2 Å². The molecule has 0 fully saturated rings. The Balaban J connectivity index is 4.64. The second kappa shape index (κ2) is 47.4. The summed E-state index contributed by atoms with van der Waals surface area (Å²) in [7, 11) is 0. The molecular weight excluding hydrogens is 743 g/mol. The Bertz CT molecular complexity index is 1120. The van der Waals surface area contributed by atoms with Crippen molar-refractivity contribution in [2.45, 2.75) is 251 Å². The number of aliphatic hydroxyl groups excluding tert-OH is 2. The van der Waals surface area contributed by atoms with Crippen molar-refractivity contribution >= 4 is 11.9 Å². The van der Waals surface area contributed by atoms with E-state index in [1.54, 1.807) is 0 Å². The van der Waals surface area contributed by atoms with E-state index in [-0.39, 0.29) is 24.9 Å². The number of carbonyl (C=O) groups excluding carboxylic acids is 2. The van der Waals surface area contributed by atoms with Gasteiger partial charge in [-0.3, -0.25) is 9.59 Å². The smallest absolute Gasteiger partial charge is 0.306 e. The maximum Gasteiger partial charge on any atom is 0.306 e. The number of hydrogen-bond donors (Lipinski definition) is 3. The van der Waals surface area contributed by atoms with Crippen LogP contribution < -0.4 is 5.32 Å². The molecule has 0 aromatic carbocycles. The van der Waals surface area contributed by atoms with Crippen LogP contribution in [0.1, 0.15) is 233 Å². The molecule has 0 spiro atoms. The first-order valence-electron chi connectivity index (χ1n) is 25.2. The Morgan fingerprint density at radius 2 is 0.917 bits per heavy atom. The molecule has 3 N–H and O–H groups in total. The van der Waals surface area contributed by atoms with Crippen molar-refractivity contribution in [2.75, 3.05) is 6.61 Å². The average molecular weight is 838 g/mol. The molecule has 0 aromatic rings. The van der Waals surface area contributed by atoms with E-state index >= 15 is 0 Å². The van der Waals surface area contributed by atoms with Crippen LogP contribution in [0.15, 0.2) is 72.9 Å². The predicted octanol–water partition coefficient (Wildman–Crippen LogP) is 15.0. The molecule has 60 heavy (non-hydrogen) atoms. The minimum atomic E-state index is -0.801. The average Bonchev–Trinajstić information content (AvgIpc) is 3.24. The Morgan fingerprint density at radius 3 is 1.42 bits per heavy atom. The second-order valence-corrected chi connectivity index (χ2v) is 16.8. The molecular formula is C54H95NO5. The number of unbranched alkanes of at least 4 members (excludes halogenated alkanes) is 20. The van der Waals surface area contributed by atoms with Gasteiger partial charge in [-0.2, -0.15) is 0 Å². The van der Waals surface area contributed by atoms with E-state index in [1.807, 2.05) is 0 Å². The summed E-state index contributed by atoms with van der Waals surface area (Å²) in [5.74, 6) is -0.544. The summed E-state index contributed by atoms with van der Waals surface area (Å²) in [4.78, 5) is 26.1. The highest BCUT2D eigenvalue weighted by atomic mass is 16.5. The molecule has 0 aromatic heterocycles. The number of carbonyl (C=O) groups is 2. The van der Waals surface area contributed by atoms with Crippen molar-refractivity contribution in [2.24, 2.45) is 0 Å². The third-order valence-electron chi connectivity index (χ3n) is 11.0. The van der Waals surface area contributed by atoms with Crippen LogP contribution in [0.4, 0.5) is 0 Å². The van der Waals surface area contributed by atoms with Crippen LogP contribution in [0.3, 0.4) is 0 Å². The van der Waals surface area contributed by atoms with Crippen LogP contribution in [0, 0.1) is 0 Å². The van der Waals surface area contributed by atoms with Crippen LogP contribution >= 0.6 is 0 Å². The van der Waals surface area contributed by atoms with E-state index in [0.717, 1.165) is 96.3 Å². The largest absolute Gasteiger partial charge is 0.462 e. The molecule has 0 aliphatic heterocycles. The number of aliphatic hydroxyl groups is 2. The van der Waals surface area contributed by atoms with Crippen molar-refractivity contribution in [1.82, 2.24) is 5.32 Å². The lowest BCUT2D eigenvalue weighted by Crippen LogP contribution is -2.46. The number of ether oxygens (including phenoxy) is 1. The lowest BCUT2D eigenvalue weighted by Gasteiger charge is -2.24. The van der Waals surface area contributed by atoms with E-state index in [9.17, 15) is 19.8 Å². The van der Waals surface area contributed by atoms with Gasteiger partial charge in [-0.1, -0.05) is 203 Å². The van der Waals surface area contributed by atoms with Crippen LogP contribution in [-0.2, 0) is 14.3 Å². The Hall–Kier alpha value is -2.70. The van der Waals surface area contributed by atoms with E-state index in [2.05, 4.69) is 99.0 Å². The van der Waals surface area contributed by atoms with E-state index < -0.39 is 18.2 Å². The van der Waals surface area contributed by atoms with Gasteiger partial charge in [0.2, 0.25) is 5.91 Å². The van der Waals surface area contributed by atoms with Gasteiger partial charge in [0, 0.05) is 6.42 Å². The van der Waals surface area contributed by atoms with Gasteiger partial charge >= 0.3 is 5.97 Å². The van der Waals surface area contributed by atoms with E-state index in [1.165, 1.54) is 89.9 Å². The molecule has 0 heterocycles. The monoisotopic (exact) mass is 838 g/mol. The highest BCUT2D eigenvalue weighted by Gasteiger charge is 2.24. The zero-order valence-electron chi connectivity index (χ0n) is 39.3. The maximum absolute atomic E-state index is 13.2. The molecule has 3 atom stereocenters. The van der Waals surface area contributed by atoms with Crippen molar-refractivity contribution in [1.29, 1.82) is 0 Å². The van der Waals surface area contributed by atoms with Gasteiger partial charge in [-0.25, -0.2) is 0 Å². The first kappa shape index (κ1) is 57.3. The molecule has 346 valence electrons. The lowest BCUT2D eigenvalue weighted by molar-refractivity contribution is -0.151. The van der Waals surface area contributed by atoms with Crippen LogP contribution in [-0.4, -0.2) is 46.9 Å². The fraction of sp³-hybridized carbons (Fsp3) is 0.741. The number of amides is 1. The second-order valence-electron chi connectivity index (χ2n) is 16.8. The topological polar surface area (TPSA) is 95.9 Å². The number of allylic oxidation sites excluding steroid dienone is 12. The van der Waals surface area contributed by atoms with Crippen LogP contribution in [0.25, 0.3) is 0 Å². The van der Waals surface area contributed by atoms with Crippen molar-refractivity contribution < 1.29 is 24.5 Å². The maximum atomic E-state index is 13.2. The number of rotatable bonds is 44. The van der Waals surface area contributed by atoms with Crippen molar-refractivity contribution in [3.63, 3.8) is 0 Å². The lowest BCUT2D eigenvalue weighted by atomic mass is 10.0. The van der Waals surface area contributed by atoms with E-state index in [0.29, 0.717) is 19.3 Å². The number of esters is 1. The minimum Gasteiger partial charge on any atom is -0.462 e. The fourth-order valence-electron chi connectivity index (χ4n) is 7.22. The molecule has 3 unspecified atom stereocenters. The van der Waals surface area contributed by atoms with Gasteiger partial charge in [-0.15, -0.1) is 0 Å². The van der Waals surface area contributed by atoms with Gasteiger partial charge < -0.3 is 20.3 Å². The zero-order chi connectivity index (χ0) is 43.8. The summed E-state index contributed by atoms with van der Waals surface area (Å²) >= 11 is 0. The van der Waals surface area contributed by atoms with Gasteiger partial charge in [0.15, 0.2) is 0 Å². The van der Waals surface area contributed by atoms with E-state index in [4.69, 9.17) is 4.74 Å². The van der Waals surface area contributed by atoms with Crippen molar-refractivity contribution in [3.8, 4) is 0 Å². The zero-order valence-corrected chi connectivity index (χ0v) is 39.3. The molecule has 0 aliphatic carbocycles. The summed E-state index contributed by atoms with van der Waals surface area (Å²) in [6.45, 7) is 6.33. The number of nitrogens with one attached hydrogen (secondary N) is 1. The molecule has 1 amide bonds. The van der Waals surface area contributed by atoms with Gasteiger partial charge in [0.25, 0.3) is 0 Å². The highest BCUT2D eigenvalue weighted by Crippen LogP contribution is 2.16. The first-order chi connectivity index (χ1) is 29.5. The van der Waals surface area contributed by atoms with Crippen molar-refractivity contribution in [3.05, 3.63) is 72.9 Å². The normalized spacial score (nSPS) is 13.9. The molecule has 0 aliphatic rings. The summed E-state index contributed by atoms with van der Waals surface area (Å²) in [5.41, 5.74) is 0. The first-order valence-corrected chi connectivity index (χ1v) is 25.2. The highest BCUT2D eigenvalue weighted by molar-refractivity contribution is 5.77. The Kier molecular flexibility index (Phi) is 45.2. The molecule has 0 radical (unpaired) electrons. The summed E-state index contributed by atoms with van der Waals surface area (Å²) in [6.07, 6.45) is 59.6. The molecule has 0 bridgehead atoms. The summed E-state index contributed by atoms with van der Waals surface area (Å²) < 4.78 is 5.89. The summed E-state index contributed by atoms with van der Waals surface area (Å²) in [5, 5.41) is 23.7. The third-order valence-corrected chi connectivity index (χ3v) is 11.0. The Labute approximate surface area is 371 Å². The van der Waals surface area contributed by atoms with Gasteiger partial charge in [-0.05, 0) is 89.9 Å². The number of hydrogen-bond acceptors (Lipinski definition) is 5. The standard InChI is InChI=1S/C54H95NO5/c1-4-7-10-13-16-19-22-24-25-26-27-28-29-30-32-35-38-41-44-47-54(59)60-50(45-42-39-36-33-31-23-20-17-14-11-8-5-2)48-53(58)55-51(49-56)52(57)46-43-40-37-34-21-18-15-12-9-6-3/h7,10,16,19,24-25,27-28,30,32-33,36,50-52,56-57H,4-6,8-9,11-15,17-18,20-23,26,29,31,34-35,37-49H2,1-3H3,(H,55,58)/b10-7-,19-16-,25-24-,28-27-,32-30-,36-33-. The quantitative estimate of drug-likeness (QED) is 0.0323. The molecule has 0 saturated heterocycles. The molecule has 6 heteroatoms. The minimum absolute atomic E-state index is 0.0407. The third kappa shape index (κ3) is 42.0. The van der Waals surface area contributed by atoms with Crippen LogP contribution in [0.2, 0.25) is 0 Å². The molecule has 0 saturated carbocycles.